The third-order valence-electron chi connectivity index (χ3n) is 8.11. The Hall–Kier alpha value is -2.22. The van der Waals surface area contributed by atoms with Crippen LogP contribution in [0.1, 0.15) is 48.5 Å². The second-order valence-corrected chi connectivity index (χ2v) is 12.2. The van der Waals surface area contributed by atoms with Crippen molar-refractivity contribution >= 4 is 15.9 Å². The summed E-state index contributed by atoms with van der Waals surface area (Å²) >= 11 is 0. The highest BCUT2D eigenvalue weighted by Crippen LogP contribution is 2.49. The molecule has 3 fully saturated rings. The molecule has 2 aliphatic carbocycles. The van der Waals surface area contributed by atoms with E-state index in [1.54, 1.807) is 22.5 Å². The molecule has 6 nitrogen and oxygen atoms in total. The monoisotopic (exact) mass is 481 g/mol. The number of hydrogen-bond donors (Lipinski definition) is 1. The number of piperazine rings is 1. The molecule has 1 aliphatic heterocycles. The quantitative estimate of drug-likeness (QED) is 0.654. The summed E-state index contributed by atoms with van der Waals surface area (Å²) < 4.78 is 28.2. The second-order valence-electron chi connectivity index (χ2n) is 10.3. The first kappa shape index (κ1) is 23.5. The molecule has 2 bridgehead atoms. The van der Waals surface area contributed by atoms with Crippen molar-refractivity contribution in [2.75, 3.05) is 26.2 Å². The number of nitrogens with one attached hydrogen (secondary N) is 1. The number of benzene rings is 2. The number of fused-ring (bicyclic) bond motifs is 2. The van der Waals surface area contributed by atoms with E-state index in [2.05, 4.69) is 29.3 Å². The van der Waals surface area contributed by atoms with Gasteiger partial charge in [0.05, 0.1) is 4.90 Å². The van der Waals surface area contributed by atoms with Crippen LogP contribution in [-0.4, -0.2) is 55.8 Å². The van der Waals surface area contributed by atoms with Gasteiger partial charge in [-0.05, 0) is 67.7 Å². The number of carbonyl (C=O) groups is 1. The normalized spacial score (nSPS) is 26.4. The van der Waals surface area contributed by atoms with Gasteiger partial charge >= 0.3 is 0 Å². The third-order valence-corrected chi connectivity index (χ3v) is 10.0. The Morgan fingerprint density at radius 2 is 1.76 bits per heavy atom. The average Bonchev–Trinajstić information content (AvgIpc) is 3.49. The van der Waals surface area contributed by atoms with Gasteiger partial charge in [-0.3, -0.25) is 9.69 Å². The van der Waals surface area contributed by atoms with Crippen LogP contribution in [-0.2, 0) is 16.6 Å². The van der Waals surface area contributed by atoms with E-state index in [-0.39, 0.29) is 16.8 Å². The molecule has 7 heteroatoms. The highest BCUT2D eigenvalue weighted by Gasteiger charge is 2.42. The minimum absolute atomic E-state index is 0.112. The summed E-state index contributed by atoms with van der Waals surface area (Å²) in [7, 11) is -3.64. The molecule has 4 atom stereocenters. The molecule has 0 unspecified atom stereocenters. The summed E-state index contributed by atoms with van der Waals surface area (Å²) in [5.41, 5.74) is 1.65. The SMILES string of the molecule is C[C@@H](NC(=O)c1cccc(S(=O)(=O)N2CCN(Cc3ccccc3)CC2)c1)[C@@H]1C[C@@H]2CC[C@@H]1C2. The molecule has 182 valence electrons. The summed E-state index contributed by atoms with van der Waals surface area (Å²) in [4.78, 5) is 15.4. The first-order chi connectivity index (χ1) is 16.4. The van der Waals surface area contributed by atoms with Crippen molar-refractivity contribution in [3.63, 3.8) is 0 Å². The molecule has 2 saturated carbocycles. The topological polar surface area (TPSA) is 69.7 Å². The molecule has 34 heavy (non-hydrogen) atoms. The van der Waals surface area contributed by atoms with Gasteiger partial charge in [-0.15, -0.1) is 0 Å². The molecule has 2 aromatic carbocycles. The highest BCUT2D eigenvalue weighted by molar-refractivity contribution is 7.89. The predicted octanol–water partition coefficient (Wildman–Crippen LogP) is 3.75. The number of hydrogen-bond acceptors (Lipinski definition) is 4. The van der Waals surface area contributed by atoms with Crippen molar-refractivity contribution in [3.05, 3.63) is 65.7 Å². The van der Waals surface area contributed by atoms with Crippen molar-refractivity contribution in [3.8, 4) is 0 Å². The van der Waals surface area contributed by atoms with Gasteiger partial charge < -0.3 is 5.32 Å². The fraction of sp³-hybridized carbons (Fsp3) is 0.519. The molecule has 1 saturated heterocycles. The molecule has 1 N–H and O–H groups in total. The van der Waals surface area contributed by atoms with Crippen molar-refractivity contribution in [2.24, 2.45) is 17.8 Å². The zero-order chi connectivity index (χ0) is 23.7. The lowest BCUT2D eigenvalue weighted by molar-refractivity contribution is 0.0915. The number of sulfonamides is 1. The van der Waals surface area contributed by atoms with Gasteiger partial charge in [0.15, 0.2) is 0 Å². The third kappa shape index (κ3) is 4.92. The lowest BCUT2D eigenvalue weighted by atomic mass is 9.84. The molecular formula is C27H35N3O3S. The minimum atomic E-state index is -3.64. The Morgan fingerprint density at radius 1 is 1.00 bits per heavy atom. The van der Waals surface area contributed by atoms with Gasteiger partial charge in [-0.1, -0.05) is 42.8 Å². The van der Waals surface area contributed by atoms with Crippen LogP contribution in [0.15, 0.2) is 59.5 Å². The van der Waals surface area contributed by atoms with Gasteiger partial charge in [0.25, 0.3) is 5.91 Å². The van der Waals surface area contributed by atoms with Crippen LogP contribution in [0, 0.1) is 17.8 Å². The predicted molar refractivity (Wildman–Crippen MR) is 133 cm³/mol. The highest BCUT2D eigenvalue weighted by atomic mass is 32.2. The summed E-state index contributed by atoms with van der Waals surface area (Å²) in [6.07, 6.45) is 5.12. The Kier molecular flexibility index (Phi) is 6.78. The molecule has 0 aromatic heterocycles. The molecular weight excluding hydrogens is 446 g/mol. The van der Waals surface area contributed by atoms with E-state index in [0.717, 1.165) is 18.4 Å². The van der Waals surface area contributed by atoms with E-state index in [4.69, 9.17) is 0 Å². The Labute approximate surface area is 203 Å². The van der Waals surface area contributed by atoms with Crippen LogP contribution in [0.25, 0.3) is 0 Å². The minimum Gasteiger partial charge on any atom is -0.349 e. The standard InChI is InChI=1S/C27H35N3O3S/c1-20(26-17-22-10-11-23(26)16-22)28-27(31)24-8-5-9-25(18-24)34(32,33)30-14-12-29(13-15-30)19-21-6-3-2-4-7-21/h2-9,18,20,22-23,26H,10-17,19H2,1H3,(H,28,31)/t20-,22-,23-,26+/m1/s1. The first-order valence-electron chi connectivity index (χ1n) is 12.6. The molecule has 1 heterocycles. The molecule has 0 spiro atoms. The zero-order valence-corrected chi connectivity index (χ0v) is 20.7. The van der Waals surface area contributed by atoms with Crippen LogP contribution < -0.4 is 5.32 Å². The summed E-state index contributed by atoms with van der Waals surface area (Å²) in [5, 5.41) is 3.16. The first-order valence-corrected chi connectivity index (χ1v) is 14.0. The maximum Gasteiger partial charge on any atom is 0.251 e. The van der Waals surface area contributed by atoms with Crippen molar-refractivity contribution in [1.29, 1.82) is 0 Å². The molecule has 1 amide bonds. The summed E-state index contributed by atoms with van der Waals surface area (Å²) in [6.45, 7) is 5.20. The second kappa shape index (κ2) is 9.80. The fourth-order valence-corrected chi connectivity index (χ4v) is 7.69. The number of nitrogens with zero attached hydrogens (tertiary/aromatic N) is 2. The molecule has 5 rings (SSSR count). The Morgan fingerprint density at radius 3 is 2.44 bits per heavy atom. The van der Waals surface area contributed by atoms with Crippen LogP contribution in [0.3, 0.4) is 0 Å². The van der Waals surface area contributed by atoms with Gasteiger partial charge in [0, 0.05) is 44.3 Å². The van der Waals surface area contributed by atoms with E-state index < -0.39 is 10.0 Å². The van der Waals surface area contributed by atoms with E-state index in [9.17, 15) is 13.2 Å². The Bertz CT molecular complexity index is 1110. The Balaban J connectivity index is 1.20. The lowest BCUT2D eigenvalue weighted by Gasteiger charge is -2.34. The van der Waals surface area contributed by atoms with Gasteiger partial charge in [-0.25, -0.2) is 8.42 Å². The van der Waals surface area contributed by atoms with E-state index >= 15 is 0 Å². The van der Waals surface area contributed by atoms with Crippen LogP contribution >= 0.6 is 0 Å². The van der Waals surface area contributed by atoms with E-state index in [1.807, 2.05) is 18.2 Å². The van der Waals surface area contributed by atoms with Crippen molar-refractivity contribution in [1.82, 2.24) is 14.5 Å². The van der Waals surface area contributed by atoms with Crippen molar-refractivity contribution in [2.45, 2.75) is 50.1 Å². The lowest BCUT2D eigenvalue weighted by Crippen LogP contribution is -2.48. The van der Waals surface area contributed by atoms with Crippen LogP contribution in [0.2, 0.25) is 0 Å². The summed E-state index contributed by atoms with van der Waals surface area (Å²) in [6, 6.07) is 16.9. The van der Waals surface area contributed by atoms with Gasteiger partial charge in [0.2, 0.25) is 10.0 Å². The average molecular weight is 482 g/mol. The van der Waals surface area contributed by atoms with E-state index in [1.165, 1.54) is 37.3 Å². The number of rotatable bonds is 7. The maximum absolute atomic E-state index is 13.3. The molecule has 2 aromatic rings. The van der Waals surface area contributed by atoms with Gasteiger partial charge in [0.1, 0.15) is 0 Å². The number of amides is 1. The fourth-order valence-electron chi connectivity index (χ4n) is 6.22. The van der Waals surface area contributed by atoms with E-state index in [0.29, 0.717) is 37.7 Å². The van der Waals surface area contributed by atoms with Crippen LogP contribution in [0.4, 0.5) is 0 Å². The van der Waals surface area contributed by atoms with Crippen molar-refractivity contribution < 1.29 is 13.2 Å². The molecule has 0 radical (unpaired) electrons. The smallest absolute Gasteiger partial charge is 0.251 e. The largest absolute Gasteiger partial charge is 0.349 e. The van der Waals surface area contributed by atoms with Crippen LogP contribution in [0.5, 0.6) is 0 Å². The molecule has 3 aliphatic rings. The summed E-state index contributed by atoms with van der Waals surface area (Å²) in [5.74, 6) is 1.92. The number of carbonyl (C=O) groups excluding carboxylic acids is 1. The van der Waals surface area contributed by atoms with Gasteiger partial charge in [-0.2, -0.15) is 4.31 Å². The zero-order valence-electron chi connectivity index (χ0n) is 19.9. The maximum atomic E-state index is 13.3.